The van der Waals surface area contributed by atoms with Crippen LogP contribution in [-0.4, -0.2) is 35.1 Å². The third-order valence-electron chi connectivity index (χ3n) is 3.77. The van der Waals surface area contributed by atoms with Crippen LogP contribution in [0.2, 0.25) is 0 Å². The van der Waals surface area contributed by atoms with Crippen LogP contribution in [0.4, 0.5) is 0 Å². The molecule has 7 nitrogen and oxygen atoms in total. The molecular formula is C19H19NO6. The van der Waals surface area contributed by atoms with Crippen LogP contribution in [0.25, 0.3) is 6.08 Å². The van der Waals surface area contributed by atoms with Gasteiger partial charge in [0, 0.05) is 18.8 Å². The van der Waals surface area contributed by atoms with Crippen molar-refractivity contribution in [2.24, 2.45) is 7.05 Å². The Morgan fingerprint density at radius 3 is 2.69 bits per heavy atom. The number of hydrogen-bond donors (Lipinski definition) is 1. The highest BCUT2D eigenvalue weighted by molar-refractivity contribution is 6.08. The fourth-order valence-corrected chi connectivity index (χ4v) is 2.20. The van der Waals surface area contributed by atoms with Gasteiger partial charge in [0.2, 0.25) is 0 Å². The summed E-state index contributed by atoms with van der Waals surface area (Å²) < 4.78 is 11.1. The van der Waals surface area contributed by atoms with Crippen molar-refractivity contribution in [3.05, 3.63) is 63.6 Å². The fourth-order valence-electron chi connectivity index (χ4n) is 2.20. The van der Waals surface area contributed by atoms with Gasteiger partial charge >= 0.3 is 5.97 Å². The molecule has 7 heteroatoms. The van der Waals surface area contributed by atoms with Crippen LogP contribution >= 0.6 is 0 Å². The molecule has 0 aliphatic carbocycles. The van der Waals surface area contributed by atoms with E-state index in [1.165, 1.54) is 36.9 Å². The van der Waals surface area contributed by atoms with Gasteiger partial charge in [-0.1, -0.05) is 18.2 Å². The first kappa shape index (κ1) is 19.0. The number of aromatic nitrogens is 1. The van der Waals surface area contributed by atoms with Crippen LogP contribution in [0.5, 0.6) is 11.5 Å². The van der Waals surface area contributed by atoms with Crippen molar-refractivity contribution < 1.29 is 24.2 Å². The molecule has 0 aliphatic rings. The molecular weight excluding hydrogens is 338 g/mol. The molecule has 0 aliphatic heterocycles. The van der Waals surface area contributed by atoms with Crippen LogP contribution in [0.1, 0.15) is 21.6 Å². The Hall–Kier alpha value is -3.35. The summed E-state index contributed by atoms with van der Waals surface area (Å²) >= 11 is 0. The molecule has 0 amide bonds. The molecule has 1 heterocycles. The zero-order chi connectivity index (χ0) is 19.3. The number of carbonyl (C=O) groups is 2. The molecule has 2 rings (SSSR count). The van der Waals surface area contributed by atoms with Crippen LogP contribution in [0.3, 0.4) is 0 Å². The zero-order valence-corrected chi connectivity index (χ0v) is 14.7. The minimum atomic E-state index is -0.607. The molecule has 26 heavy (non-hydrogen) atoms. The number of benzene rings is 1. The number of pyridine rings is 1. The monoisotopic (exact) mass is 357 g/mol. The molecule has 0 saturated carbocycles. The lowest BCUT2D eigenvalue weighted by Gasteiger charge is -2.07. The summed E-state index contributed by atoms with van der Waals surface area (Å²) in [6, 6.07) is 8.06. The summed E-state index contributed by atoms with van der Waals surface area (Å²) in [5.41, 5.74) is 0.326. The lowest BCUT2D eigenvalue weighted by molar-refractivity contribution is -0.142. The quantitative estimate of drug-likeness (QED) is 0.482. The molecule has 0 fully saturated rings. The number of aromatic hydroxyl groups is 1. The number of carbonyl (C=O) groups excluding carboxylic acids is 2. The van der Waals surface area contributed by atoms with Gasteiger partial charge in [0.25, 0.3) is 5.56 Å². The van der Waals surface area contributed by atoms with Crippen LogP contribution in [0, 0.1) is 6.92 Å². The smallest absolute Gasteiger partial charge is 0.343 e. The van der Waals surface area contributed by atoms with Gasteiger partial charge in [0.05, 0.1) is 7.11 Å². The van der Waals surface area contributed by atoms with E-state index in [0.717, 1.165) is 0 Å². The largest absolute Gasteiger partial charge is 0.507 e. The van der Waals surface area contributed by atoms with E-state index in [-0.39, 0.29) is 17.9 Å². The second-order valence-electron chi connectivity index (χ2n) is 5.55. The Morgan fingerprint density at radius 1 is 1.27 bits per heavy atom. The number of ketones is 1. The highest BCUT2D eigenvalue weighted by Gasteiger charge is 2.16. The molecule has 0 unspecified atom stereocenters. The SMILES string of the molecule is COC(=O)COc1cccc(/C=C/C(=O)c2c(O)cc(C)n(C)c2=O)c1. The van der Waals surface area contributed by atoms with E-state index >= 15 is 0 Å². The van der Waals surface area contributed by atoms with E-state index in [4.69, 9.17) is 4.74 Å². The van der Waals surface area contributed by atoms with E-state index < -0.39 is 17.3 Å². The van der Waals surface area contributed by atoms with Gasteiger partial charge in [0.1, 0.15) is 17.1 Å². The van der Waals surface area contributed by atoms with E-state index in [9.17, 15) is 19.5 Å². The molecule has 136 valence electrons. The summed E-state index contributed by atoms with van der Waals surface area (Å²) in [6.07, 6.45) is 2.69. The predicted molar refractivity (Wildman–Crippen MR) is 95.4 cm³/mol. The van der Waals surface area contributed by atoms with Crippen molar-refractivity contribution in [1.82, 2.24) is 4.57 Å². The summed E-state index contributed by atoms with van der Waals surface area (Å²) in [5, 5.41) is 9.92. The van der Waals surface area contributed by atoms with Gasteiger partial charge in [-0.2, -0.15) is 0 Å². The molecule has 0 radical (unpaired) electrons. The summed E-state index contributed by atoms with van der Waals surface area (Å²) in [5.74, 6) is -1.04. The second-order valence-corrected chi connectivity index (χ2v) is 5.55. The van der Waals surface area contributed by atoms with Gasteiger partial charge in [-0.05, 0) is 30.7 Å². The highest BCUT2D eigenvalue weighted by atomic mass is 16.6. The maximum Gasteiger partial charge on any atom is 0.343 e. The third kappa shape index (κ3) is 4.38. The summed E-state index contributed by atoms with van der Waals surface area (Å²) in [4.78, 5) is 35.6. The van der Waals surface area contributed by atoms with E-state index in [1.807, 2.05) is 0 Å². The minimum absolute atomic E-state index is 0.226. The first-order chi connectivity index (χ1) is 12.3. The normalized spacial score (nSPS) is 10.7. The lowest BCUT2D eigenvalue weighted by atomic mass is 10.1. The first-order valence-corrected chi connectivity index (χ1v) is 7.75. The Morgan fingerprint density at radius 2 is 2.00 bits per heavy atom. The van der Waals surface area contributed by atoms with E-state index in [1.54, 1.807) is 31.2 Å². The van der Waals surface area contributed by atoms with Crippen molar-refractivity contribution in [2.75, 3.05) is 13.7 Å². The van der Waals surface area contributed by atoms with Crippen molar-refractivity contribution >= 4 is 17.8 Å². The molecule has 2 aromatic rings. The Bertz CT molecular complexity index is 926. The zero-order valence-electron chi connectivity index (χ0n) is 14.7. The Balaban J connectivity index is 2.20. The summed E-state index contributed by atoms with van der Waals surface area (Å²) in [7, 11) is 2.79. The number of nitrogens with zero attached hydrogens (tertiary/aromatic N) is 1. The lowest BCUT2D eigenvalue weighted by Crippen LogP contribution is -2.25. The van der Waals surface area contributed by atoms with Crippen LogP contribution in [-0.2, 0) is 16.6 Å². The molecule has 1 aromatic carbocycles. The van der Waals surface area contributed by atoms with Crippen molar-refractivity contribution in [1.29, 1.82) is 0 Å². The molecule has 0 saturated heterocycles. The molecule has 1 N–H and O–H groups in total. The molecule has 0 bridgehead atoms. The number of methoxy groups -OCH3 is 1. The molecule has 1 aromatic heterocycles. The second kappa shape index (κ2) is 8.15. The number of rotatable bonds is 6. The van der Waals surface area contributed by atoms with Crippen molar-refractivity contribution in [3.63, 3.8) is 0 Å². The average molecular weight is 357 g/mol. The Labute approximate surface area is 150 Å². The maximum absolute atomic E-state index is 12.3. The van der Waals surface area contributed by atoms with Gasteiger partial charge in [-0.3, -0.25) is 9.59 Å². The number of allylic oxidation sites excluding steroid dienone is 1. The van der Waals surface area contributed by atoms with E-state index in [0.29, 0.717) is 17.0 Å². The predicted octanol–water partition coefficient (Wildman–Crippen LogP) is 1.85. The highest BCUT2D eigenvalue weighted by Crippen LogP contribution is 2.17. The topological polar surface area (TPSA) is 94.8 Å². The van der Waals surface area contributed by atoms with Gasteiger partial charge in [0.15, 0.2) is 12.4 Å². The standard InChI is InChI=1S/C19H19NO6/c1-12-9-16(22)18(19(24)20(12)2)15(21)8-7-13-5-4-6-14(10-13)26-11-17(23)25-3/h4-10,22H,11H2,1-3H3/b8-7+. The van der Waals surface area contributed by atoms with E-state index in [2.05, 4.69) is 4.74 Å². The van der Waals surface area contributed by atoms with Crippen molar-refractivity contribution in [2.45, 2.75) is 6.92 Å². The number of esters is 1. The Kier molecular flexibility index (Phi) is 5.95. The van der Waals surface area contributed by atoms with Crippen LogP contribution < -0.4 is 10.3 Å². The number of ether oxygens (including phenoxy) is 2. The van der Waals surface area contributed by atoms with Gasteiger partial charge < -0.3 is 19.1 Å². The number of hydrogen-bond acceptors (Lipinski definition) is 6. The van der Waals surface area contributed by atoms with Gasteiger partial charge in [-0.25, -0.2) is 4.79 Å². The molecule has 0 spiro atoms. The number of aryl methyl sites for hydroxylation is 1. The fraction of sp³-hybridized carbons (Fsp3) is 0.211. The third-order valence-corrected chi connectivity index (χ3v) is 3.77. The average Bonchev–Trinajstić information content (AvgIpc) is 2.63. The summed E-state index contributed by atoms with van der Waals surface area (Å²) in [6.45, 7) is 1.43. The van der Waals surface area contributed by atoms with Crippen molar-refractivity contribution in [3.8, 4) is 11.5 Å². The minimum Gasteiger partial charge on any atom is -0.507 e. The van der Waals surface area contributed by atoms with Crippen LogP contribution in [0.15, 0.2) is 41.2 Å². The molecule has 0 atom stereocenters. The maximum atomic E-state index is 12.3. The first-order valence-electron chi connectivity index (χ1n) is 7.75. The van der Waals surface area contributed by atoms with Gasteiger partial charge in [-0.15, -0.1) is 0 Å².